The Morgan fingerprint density at radius 2 is 1.53 bits per heavy atom. The molecule has 0 radical (unpaired) electrons. The zero-order chi connectivity index (χ0) is 42.5. The lowest BCUT2D eigenvalue weighted by molar-refractivity contribution is -0.171. The summed E-state index contributed by atoms with van der Waals surface area (Å²) in [6, 6.07) is 11.6. The lowest BCUT2D eigenvalue weighted by atomic mass is 9.71. The topological polar surface area (TPSA) is 140 Å². The lowest BCUT2D eigenvalue weighted by Gasteiger charge is -2.54. The van der Waals surface area contributed by atoms with Crippen molar-refractivity contribution in [2.24, 2.45) is 0 Å². The number of rotatable bonds is 8. The second-order valence-corrected chi connectivity index (χ2v) is 16.1. The molecular formula is C44H66FN7O6. The summed E-state index contributed by atoms with van der Waals surface area (Å²) in [4.78, 5) is 55.9. The molecule has 1 aliphatic carbocycles. The molecule has 3 aromatic rings. The van der Waals surface area contributed by atoms with E-state index in [-0.39, 0.29) is 28.4 Å². The molecule has 2 bridgehead atoms. The van der Waals surface area contributed by atoms with Gasteiger partial charge in [-0.15, -0.1) is 0 Å². The number of amides is 3. The van der Waals surface area contributed by atoms with E-state index in [2.05, 4.69) is 32.2 Å². The van der Waals surface area contributed by atoms with Gasteiger partial charge in [0.05, 0.1) is 34.4 Å². The number of carbonyl (C=O) groups excluding carboxylic acids is 3. The van der Waals surface area contributed by atoms with Crippen LogP contribution in [0.4, 0.5) is 9.18 Å². The Morgan fingerprint density at radius 1 is 0.914 bits per heavy atom. The van der Waals surface area contributed by atoms with E-state index in [1.807, 2.05) is 60.6 Å². The molecule has 2 aromatic carbocycles. The normalized spacial score (nSPS) is 22.0. The summed E-state index contributed by atoms with van der Waals surface area (Å²) in [6.07, 6.45) is 4.80. The molecule has 3 amide bonds. The standard InChI is InChI=1S/C21H19FN4O3.C19H35N3O3.2C2H6/c22-18-6-5-14(11-17(18)21(29)26-9-7-25(13-27)8-10-26)12-19-15-3-1-2-4-16(15)20(28)24-23-19;1-5-21-10-12-22(13-11-21)14-19-8-6-18(7-9-19,15-24-19)20-16(23)25-17(2,3)4;2*1-2/h1-6,11,13H,7-10,12H2,(H,24,28);5-15H2,1-4H3,(H,20,23);2*1-2H3. The molecule has 1 aromatic heterocycles. The Morgan fingerprint density at radius 3 is 2.10 bits per heavy atom. The molecule has 5 heterocycles. The van der Waals surface area contributed by atoms with Crippen LogP contribution in [0.15, 0.2) is 47.3 Å². The summed E-state index contributed by atoms with van der Waals surface area (Å²) in [7, 11) is 0. The first-order valence-electron chi connectivity index (χ1n) is 21.1. The molecule has 58 heavy (non-hydrogen) atoms. The smallest absolute Gasteiger partial charge is 0.408 e. The van der Waals surface area contributed by atoms with Gasteiger partial charge in [0.1, 0.15) is 11.4 Å². The van der Waals surface area contributed by atoms with Crippen LogP contribution in [-0.4, -0.2) is 137 Å². The third-order valence-corrected chi connectivity index (χ3v) is 11.1. The van der Waals surface area contributed by atoms with Crippen molar-refractivity contribution in [3.63, 3.8) is 0 Å². The van der Waals surface area contributed by atoms with E-state index < -0.39 is 17.3 Å². The van der Waals surface area contributed by atoms with Crippen LogP contribution >= 0.6 is 0 Å². The summed E-state index contributed by atoms with van der Waals surface area (Å²) in [5.41, 5.74) is 0.381. The fourth-order valence-electron chi connectivity index (χ4n) is 7.87. The third-order valence-electron chi connectivity index (χ3n) is 11.1. The molecule has 0 spiro atoms. The lowest BCUT2D eigenvalue weighted by Crippen LogP contribution is -2.66. The number of carbonyl (C=O) groups is 3. The van der Waals surface area contributed by atoms with Crippen molar-refractivity contribution in [1.82, 2.24) is 35.1 Å². The number of piperazine rings is 2. The molecule has 4 aliphatic heterocycles. The largest absolute Gasteiger partial charge is 0.444 e. The molecule has 8 rings (SSSR count). The number of nitrogens with zero attached hydrogens (tertiary/aromatic N) is 5. The maximum atomic E-state index is 14.4. The molecule has 5 aliphatic rings. The van der Waals surface area contributed by atoms with Gasteiger partial charge in [0.15, 0.2) is 0 Å². The van der Waals surface area contributed by atoms with Crippen LogP contribution in [0.3, 0.4) is 0 Å². The zero-order valence-corrected chi connectivity index (χ0v) is 36.0. The maximum absolute atomic E-state index is 14.4. The van der Waals surface area contributed by atoms with Gasteiger partial charge in [0.25, 0.3) is 11.5 Å². The van der Waals surface area contributed by atoms with Gasteiger partial charge in [-0.05, 0) is 76.8 Å². The van der Waals surface area contributed by atoms with E-state index in [1.165, 1.54) is 12.1 Å². The second-order valence-electron chi connectivity index (χ2n) is 16.1. The van der Waals surface area contributed by atoms with Crippen LogP contribution in [0.5, 0.6) is 0 Å². The van der Waals surface area contributed by atoms with Crippen LogP contribution in [0.2, 0.25) is 0 Å². The SMILES string of the molecule is CC.CC.CCN1CCN(CC23CCC(NC(=O)OC(C)(C)C)(CC2)CO3)CC1.O=CN1CCN(C(=O)c2cc(Cc3n[nH]c(=O)c4ccccc34)ccc2F)CC1. The molecule has 13 nitrogen and oxygen atoms in total. The van der Waals surface area contributed by atoms with Gasteiger partial charge in [-0.1, -0.05) is 58.9 Å². The van der Waals surface area contributed by atoms with Gasteiger partial charge >= 0.3 is 6.09 Å². The van der Waals surface area contributed by atoms with Gasteiger partial charge in [-0.25, -0.2) is 14.3 Å². The predicted octanol–water partition coefficient (Wildman–Crippen LogP) is 5.85. The van der Waals surface area contributed by atoms with Crippen molar-refractivity contribution in [2.75, 3.05) is 72.1 Å². The molecule has 14 heteroatoms. The highest BCUT2D eigenvalue weighted by atomic mass is 19.1. The summed E-state index contributed by atoms with van der Waals surface area (Å²) < 4.78 is 26.1. The molecule has 2 N–H and O–H groups in total. The maximum Gasteiger partial charge on any atom is 0.408 e. The van der Waals surface area contributed by atoms with E-state index in [0.717, 1.165) is 76.7 Å². The summed E-state index contributed by atoms with van der Waals surface area (Å²) >= 11 is 0. The molecular weight excluding hydrogens is 742 g/mol. The number of fused-ring (bicyclic) bond motifs is 4. The number of alkyl carbamates (subject to hydrolysis) is 1. The quantitative estimate of drug-likeness (QED) is 0.269. The van der Waals surface area contributed by atoms with E-state index in [1.54, 1.807) is 28.0 Å². The van der Waals surface area contributed by atoms with E-state index >= 15 is 0 Å². The van der Waals surface area contributed by atoms with Crippen molar-refractivity contribution in [2.45, 2.75) is 104 Å². The number of H-pyrrole nitrogens is 1. The minimum absolute atomic E-state index is 0.00390. The summed E-state index contributed by atoms with van der Waals surface area (Å²) in [6.45, 7) is 24.9. The predicted molar refractivity (Wildman–Crippen MR) is 226 cm³/mol. The highest BCUT2D eigenvalue weighted by Gasteiger charge is 2.51. The Kier molecular flexibility index (Phi) is 16.8. The first-order valence-corrected chi connectivity index (χ1v) is 21.1. The van der Waals surface area contributed by atoms with Crippen molar-refractivity contribution in [1.29, 1.82) is 0 Å². The van der Waals surface area contributed by atoms with Gasteiger partial charge in [-0.3, -0.25) is 19.3 Å². The number of hydrogen-bond donors (Lipinski definition) is 2. The van der Waals surface area contributed by atoms with Crippen LogP contribution in [0.1, 0.15) is 103 Å². The van der Waals surface area contributed by atoms with Crippen LogP contribution < -0.4 is 10.9 Å². The van der Waals surface area contributed by atoms with Crippen molar-refractivity contribution >= 4 is 29.2 Å². The average molecular weight is 808 g/mol. The van der Waals surface area contributed by atoms with E-state index in [0.29, 0.717) is 55.9 Å². The Labute approximate surface area is 343 Å². The van der Waals surface area contributed by atoms with E-state index in [4.69, 9.17) is 9.47 Å². The van der Waals surface area contributed by atoms with E-state index in [9.17, 15) is 23.6 Å². The van der Waals surface area contributed by atoms with Gasteiger partial charge in [0, 0.05) is 70.7 Å². The number of halogens is 1. The zero-order valence-electron chi connectivity index (χ0n) is 36.0. The molecule has 1 saturated carbocycles. The number of nitrogens with one attached hydrogen (secondary N) is 2. The first-order chi connectivity index (χ1) is 27.8. The molecule has 320 valence electrons. The van der Waals surface area contributed by atoms with Crippen molar-refractivity contribution < 1.29 is 28.2 Å². The first kappa shape index (κ1) is 46.3. The number of hydrogen-bond acceptors (Lipinski definition) is 9. The number of likely N-dealkylation sites (N-methyl/N-ethyl adjacent to an activating group) is 1. The van der Waals surface area contributed by atoms with Crippen molar-refractivity contribution in [3.8, 4) is 0 Å². The minimum Gasteiger partial charge on any atom is -0.444 e. The number of benzene rings is 2. The molecule has 0 atom stereocenters. The monoisotopic (exact) mass is 808 g/mol. The van der Waals surface area contributed by atoms with Gasteiger partial charge in [0.2, 0.25) is 6.41 Å². The average Bonchev–Trinajstić information content (AvgIpc) is 3.24. The second kappa shape index (κ2) is 21.0. The summed E-state index contributed by atoms with van der Waals surface area (Å²) in [5.74, 6) is -0.981. The highest BCUT2D eigenvalue weighted by molar-refractivity contribution is 5.95. The number of aromatic nitrogens is 2. The Bertz CT molecular complexity index is 1840. The van der Waals surface area contributed by atoms with Crippen molar-refractivity contribution in [3.05, 3.63) is 75.5 Å². The molecule has 0 unspecified atom stereocenters. The van der Waals surface area contributed by atoms with Crippen LogP contribution in [-0.2, 0) is 20.7 Å². The van der Waals surface area contributed by atoms with Crippen LogP contribution in [0.25, 0.3) is 10.8 Å². The van der Waals surface area contributed by atoms with Gasteiger partial charge < -0.3 is 29.5 Å². The molecule has 5 fully saturated rings. The Hall–Kier alpha value is -4.40. The van der Waals surface area contributed by atoms with Gasteiger partial charge in [-0.2, -0.15) is 5.10 Å². The van der Waals surface area contributed by atoms with Crippen LogP contribution in [0, 0.1) is 5.82 Å². The number of aromatic amines is 1. The number of ether oxygens (including phenoxy) is 2. The summed E-state index contributed by atoms with van der Waals surface area (Å²) in [5, 5.41) is 11.0. The molecule has 4 saturated heterocycles. The fraction of sp³-hybridized carbons (Fsp3) is 0.614. The fourth-order valence-corrected chi connectivity index (χ4v) is 7.87. The minimum atomic E-state index is -0.587. The highest BCUT2D eigenvalue weighted by Crippen LogP contribution is 2.44. The Balaban J connectivity index is 0.000000239. The third kappa shape index (κ3) is 12.1.